The third-order valence-electron chi connectivity index (χ3n) is 4.86. The number of aryl methyl sites for hydroxylation is 2. The summed E-state index contributed by atoms with van der Waals surface area (Å²) in [6.07, 6.45) is 3.90. The van der Waals surface area contributed by atoms with E-state index in [-0.39, 0.29) is 0 Å². The molecule has 4 rings (SSSR count). The van der Waals surface area contributed by atoms with Crippen molar-refractivity contribution in [3.63, 3.8) is 0 Å². The fraction of sp³-hybridized carbons (Fsp3) is 0.200. The summed E-state index contributed by atoms with van der Waals surface area (Å²) in [6, 6.07) is 19.6. The zero-order valence-electron chi connectivity index (χ0n) is 17.2. The molecule has 5 heteroatoms. The molecule has 1 N–H and O–H groups in total. The van der Waals surface area contributed by atoms with E-state index < -0.39 is 6.10 Å². The summed E-state index contributed by atoms with van der Waals surface area (Å²) in [5, 5.41) is 10.7. The second kappa shape index (κ2) is 8.93. The first kappa shape index (κ1) is 19.9. The van der Waals surface area contributed by atoms with Crippen molar-refractivity contribution in [1.29, 1.82) is 0 Å². The van der Waals surface area contributed by atoms with Crippen molar-refractivity contribution in [3.8, 4) is 22.8 Å². The van der Waals surface area contributed by atoms with E-state index in [0.717, 1.165) is 45.3 Å². The molecule has 0 atom stereocenters. The van der Waals surface area contributed by atoms with Crippen molar-refractivity contribution < 1.29 is 5.11 Å². The molecular formula is C25H24N4O. The van der Waals surface area contributed by atoms with Crippen molar-refractivity contribution in [3.05, 3.63) is 95.6 Å². The van der Waals surface area contributed by atoms with Gasteiger partial charge in [0.1, 0.15) is 0 Å². The molecule has 0 amide bonds. The lowest BCUT2D eigenvalue weighted by Gasteiger charge is -2.12. The highest BCUT2D eigenvalue weighted by molar-refractivity contribution is 5.55. The van der Waals surface area contributed by atoms with Gasteiger partial charge in [-0.2, -0.15) is 0 Å². The second-order valence-electron chi connectivity index (χ2n) is 7.53. The predicted molar refractivity (Wildman–Crippen MR) is 118 cm³/mol. The Hall–Kier alpha value is -3.44. The maximum absolute atomic E-state index is 10.7. The summed E-state index contributed by atoms with van der Waals surface area (Å²) in [5.74, 6) is 0. The minimum absolute atomic E-state index is 0.453. The minimum Gasteiger partial charge on any atom is -0.392 e. The molecule has 150 valence electrons. The average Bonchev–Trinajstić information content (AvgIpc) is 2.74. The van der Waals surface area contributed by atoms with Crippen LogP contribution in [0.3, 0.4) is 0 Å². The molecule has 0 bridgehead atoms. The molecule has 4 aromatic heterocycles. The number of nitrogens with zero attached hydrogens (tertiary/aromatic N) is 4. The van der Waals surface area contributed by atoms with E-state index in [2.05, 4.69) is 19.9 Å². The first-order chi connectivity index (χ1) is 14.6. The molecule has 0 unspecified atom stereocenters. The Morgan fingerprint density at radius 3 is 1.57 bits per heavy atom. The highest BCUT2D eigenvalue weighted by Gasteiger charge is 2.12. The Morgan fingerprint density at radius 2 is 1.13 bits per heavy atom. The Bertz CT molecular complexity index is 1070. The van der Waals surface area contributed by atoms with E-state index >= 15 is 0 Å². The molecule has 0 aliphatic rings. The lowest BCUT2D eigenvalue weighted by molar-refractivity contribution is 0.173. The number of aromatic nitrogens is 4. The van der Waals surface area contributed by atoms with Gasteiger partial charge in [0.15, 0.2) is 0 Å². The van der Waals surface area contributed by atoms with Crippen LogP contribution < -0.4 is 0 Å². The van der Waals surface area contributed by atoms with Crippen LogP contribution in [-0.4, -0.2) is 31.1 Å². The van der Waals surface area contributed by atoms with Gasteiger partial charge >= 0.3 is 0 Å². The monoisotopic (exact) mass is 396 g/mol. The number of aliphatic hydroxyl groups is 1. The maximum Gasteiger partial charge on any atom is 0.0889 e. The Kier molecular flexibility index (Phi) is 5.91. The van der Waals surface area contributed by atoms with Gasteiger partial charge in [-0.25, -0.2) is 0 Å². The predicted octanol–water partition coefficient (Wildman–Crippen LogP) is 4.36. The summed E-state index contributed by atoms with van der Waals surface area (Å²) in [6.45, 7) is 4.07. The standard InChI is InChI=1S/C25H24N4O/c1-17-9-11-26-24(13-17)22-7-3-5-19(28-22)15-21(30)16-20-6-4-8-23(29-20)25-14-18(2)10-12-27-25/h3-14,21,30H,15-16H2,1-2H3. The van der Waals surface area contributed by atoms with Gasteiger partial charge < -0.3 is 5.11 Å². The van der Waals surface area contributed by atoms with E-state index in [1.165, 1.54) is 0 Å². The molecule has 0 fully saturated rings. The van der Waals surface area contributed by atoms with Crippen LogP contribution in [0, 0.1) is 13.8 Å². The van der Waals surface area contributed by atoms with Crippen LogP contribution in [0.2, 0.25) is 0 Å². The summed E-state index contributed by atoms with van der Waals surface area (Å²) < 4.78 is 0. The molecule has 0 spiro atoms. The van der Waals surface area contributed by atoms with Gasteiger partial charge in [0.2, 0.25) is 0 Å². The van der Waals surface area contributed by atoms with Crippen LogP contribution in [0.5, 0.6) is 0 Å². The zero-order valence-corrected chi connectivity index (χ0v) is 17.2. The summed E-state index contributed by atoms with van der Waals surface area (Å²) >= 11 is 0. The van der Waals surface area contributed by atoms with E-state index in [0.29, 0.717) is 12.8 Å². The molecule has 0 saturated carbocycles. The third kappa shape index (κ3) is 4.93. The number of hydrogen-bond donors (Lipinski definition) is 1. The van der Waals surface area contributed by atoms with Gasteiger partial charge in [0, 0.05) is 36.6 Å². The Labute approximate surface area is 176 Å². The number of rotatable bonds is 6. The highest BCUT2D eigenvalue weighted by atomic mass is 16.3. The van der Waals surface area contributed by atoms with Crippen molar-refractivity contribution in [2.24, 2.45) is 0 Å². The zero-order chi connectivity index (χ0) is 20.9. The van der Waals surface area contributed by atoms with E-state index in [1.54, 1.807) is 12.4 Å². The van der Waals surface area contributed by atoms with Crippen molar-refractivity contribution >= 4 is 0 Å². The molecule has 4 aromatic rings. The first-order valence-electron chi connectivity index (χ1n) is 10.0. The molecular weight excluding hydrogens is 372 g/mol. The van der Waals surface area contributed by atoms with Crippen molar-refractivity contribution in [2.45, 2.75) is 32.8 Å². The topological polar surface area (TPSA) is 71.8 Å². The van der Waals surface area contributed by atoms with E-state index in [1.807, 2.05) is 74.5 Å². The first-order valence-corrected chi connectivity index (χ1v) is 10.0. The highest BCUT2D eigenvalue weighted by Crippen LogP contribution is 2.18. The third-order valence-corrected chi connectivity index (χ3v) is 4.86. The fourth-order valence-electron chi connectivity index (χ4n) is 3.38. The Morgan fingerprint density at radius 1 is 0.667 bits per heavy atom. The molecule has 0 radical (unpaired) electrons. The normalized spacial score (nSPS) is 11.1. The largest absolute Gasteiger partial charge is 0.392 e. The van der Waals surface area contributed by atoms with Crippen LogP contribution >= 0.6 is 0 Å². The van der Waals surface area contributed by atoms with Crippen LogP contribution in [0.1, 0.15) is 22.5 Å². The molecule has 0 aliphatic heterocycles. The Balaban J connectivity index is 1.47. The van der Waals surface area contributed by atoms with E-state index in [4.69, 9.17) is 0 Å². The SMILES string of the molecule is Cc1ccnc(-c2cccc(CC(O)Cc3cccc(-c4cc(C)ccn4)n3)n2)c1. The number of hydrogen-bond acceptors (Lipinski definition) is 5. The second-order valence-corrected chi connectivity index (χ2v) is 7.53. The molecule has 30 heavy (non-hydrogen) atoms. The van der Waals surface area contributed by atoms with Crippen molar-refractivity contribution in [2.75, 3.05) is 0 Å². The summed E-state index contributed by atoms with van der Waals surface area (Å²) in [5.41, 5.74) is 7.25. The van der Waals surface area contributed by atoms with Gasteiger partial charge in [0.05, 0.1) is 28.9 Å². The molecule has 4 heterocycles. The van der Waals surface area contributed by atoms with Crippen molar-refractivity contribution in [1.82, 2.24) is 19.9 Å². The smallest absolute Gasteiger partial charge is 0.0889 e. The lowest BCUT2D eigenvalue weighted by atomic mass is 10.1. The van der Waals surface area contributed by atoms with Crippen LogP contribution in [-0.2, 0) is 12.8 Å². The maximum atomic E-state index is 10.7. The van der Waals surface area contributed by atoms with E-state index in [9.17, 15) is 5.11 Å². The van der Waals surface area contributed by atoms with Crippen LogP contribution in [0.15, 0.2) is 73.1 Å². The molecule has 0 aromatic carbocycles. The van der Waals surface area contributed by atoms with Crippen LogP contribution in [0.4, 0.5) is 0 Å². The average molecular weight is 396 g/mol. The number of aliphatic hydroxyl groups excluding tert-OH is 1. The van der Waals surface area contributed by atoms with Gasteiger partial charge in [-0.1, -0.05) is 12.1 Å². The lowest BCUT2D eigenvalue weighted by Crippen LogP contribution is -2.16. The van der Waals surface area contributed by atoms with Gasteiger partial charge in [0.25, 0.3) is 0 Å². The molecule has 5 nitrogen and oxygen atoms in total. The minimum atomic E-state index is -0.577. The van der Waals surface area contributed by atoms with Gasteiger partial charge in [-0.3, -0.25) is 19.9 Å². The number of pyridine rings is 4. The molecule has 0 saturated heterocycles. The van der Waals surface area contributed by atoms with Gasteiger partial charge in [-0.05, 0) is 73.5 Å². The van der Waals surface area contributed by atoms with Gasteiger partial charge in [-0.15, -0.1) is 0 Å². The fourth-order valence-corrected chi connectivity index (χ4v) is 3.38. The summed E-state index contributed by atoms with van der Waals surface area (Å²) in [7, 11) is 0. The quantitative estimate of drug-likeness (QED) is 0.524. The molecule has 0 aliphatic carbocycles. The summed E-state index contributed by atoms with van der Waals surface area (Å²) in [4.78, 5) is 18.2. The van der Waals surface area contributed by atoms with Crippen LogP contribution in [0.25, 0.3) is 22.8 Å².